The van der Waals surface area contributed by atoms with Crippen LogP contribution in [0, 0.1) is 0 Å². The molecule has 1 heterocycles. The lowest BCUT2D eigenvalue weighted by Gasteiger charge is -2.24. The quantitative estimate of drug-likeness (QED) is 0.817. The first kappa shape index (κ1) is 15.2. The summed E-state index contributed by atoms with van der Waals surface area (Å²) in [6.07, 6.45) is 0.746. The van der Waals surface area contributed by atoms with Gasteiger partial charge in [0.25, 0.3) is 0 Å². The van der Waals surface area contributed by atoms with E-state index in [-0.39, 0.29) is 6.04 Å². The molecule has 1 aromatic heterocycles. The van der Waals surface area contributed by atoms with Crippen LogP contribution in [0.3, 0.4) is 0 Å². The van der Waals surface area contributed by atoms with E-state index < -0.39 is 0 Å². The van der Waals surface area contributed by atoms with Crippen LogP contribution in [0.5, 0.6) is 0 Å². The van der Waals surface area contributed by atoms with Gasteiger partial charge < -0.3 is 9.64 Å². The van der Waals surface area contributed by atoms with E-state index in [4.69, 9.17) is 16.3 Å². The lowest BCUT2D eigenvalue weighted by molar-refractivity contribution is 0.201. The van der Waals surface area contributed by atoms with Crippen LogP contribution < -0.4 is 4.90 Å². The number of anilines is 1. The molecule has 0 aliphatic heterocycles. The standard InChI is InChI=1S/C14H18ClN3OS/c1-10(11-4-6-12(15)7-5-11)18(2)14-16-13(17-20-14)8-9-19-3/h4-7,10H,8-9H2,1-3H3. The fraction of sp³-hybridized carbons (Fsp3) is 0.429. The number of nitrogens with zero attached hydrogens (tertiary/aromatic N) is 3. The topological polar surface area (TPSA) is 38.2 Å². The van der Waals surface area contributed by atoms with E-state index in [1.165, 1.54) is 17.1 Å². The van der Waals surface area contributed by atoms with Crippen LogP contribution in [-0.4, -0.2) is 30.1 Å². The number of hydrogen-bond acceptors (Lipinski definition) is 5. The summed E-state index contributed by atoms with van der Waals surface area (Å²) >= 11 is 7.34. The van der Waals surface area contributed by atoms with Crippen molar-refractivity contribution in [3.8, 4) is 0 Å². The fourth-order valence-corrected chi connectivity index (χ4v) is 2.69. The summed E-state index contributed by atoms with van der Waals surface area (Å²) in [6.45, 7) is 2.78. The zero-order valence-corrected chi connectivity index (χ0v) is 13.4. The largest absolute Gasteiger partial charge is 0.384 e. The molecule has 20 heavy (non-hydrogen) atoms. The van der Waals surface area contributed by atoms with Crippen molar-refractivity contribution in [1.29, 1.82) is 0 Å². The van der Waals surface area contributed by atoms with E-state index in [1.807, 2.05) is 31.3 Å². The number of rotatable bonds is 6. The van der Waals surface area contributed by atoms with Gasteiger partial charge in [-0.25, -0.2) is 4.98 Å². The van der Waals surface area contributed by atoms with Crippen LogP contribution in [0.15, 0.2) is 24.3 Å². The lowest BCUT2D eigenvalue weighted by Crippen LogP contribution is -2.21. The van der Waals surface area contributed by atoms with Crippen LogP contribution in [0.2, 0.25) is 5.02 Å². The molecule has 0 saturated heterocycles. The Bertz CT molecular complexity index is 544. The van der Waals surface area contributed by atoms with Crippen LogP contribution in [0.25, 0.3) is 0 Å². The zero-order valence-electron chi connectivity index (χ0n) is 11.8. The zero-order chi connectivity index (χ0) is 14.5. The van der Waals surface area contributed by atoms with Gasteiger partial charge in [0.1, 0.15) is 5.82 Å². The summed E-state index contributed by atoms with van der Waals surface area (Å²) in [6, 6.07) is 8.11. The molecule has 1 unspecified atom stereocenters. The molecule has 2 rings (SSSR count). The van der Waals surface area contributed by atoms with E-state index in [2.05, 4.69) is 21.2 Å². The van der Waals surface area contributed by atoms with Gasteiger partial charge in [0, 0.05) is 37.1 Å². The minimum atomic E-state index is 0.218. The van der Waals surface area contributed by atoms with Crippen molar-refractivity contribution in [3.05, 3.63) is 40.7 Å². The molecule has 1 atom stereocenters. The Labute approximate surface area is 128 Å². The molecule has 2 aromatic rings. The minimum Gasteiger partial charge on any atom is -0.384 e. The first-order valence-electron chi connectivity index (χ1n) is 6.41. The van der Waals surface area contributed by atoms with Gasteiger partial charge in [0.2, 0.25) is 5.13 Å². The average Bonchev–Trinajstić information content (AvgIpc) is 2.93. The van der Waals surface area contributed by atoms with Crippen molar-refractivity contribution in [3.63, 3.8) is 0 Å². The predicted octanol–water partition coefficient (Wildman–Crippen LogP) is 3.58. The second kappa shape index (κ2) is 7.02. The lowest BCUT2D eigenvalue weighted by atomic mass is 10.1. The van der Waals surface area contributed by atoms with Crippen molar-refractivity contribution in [2.24, 2.45) is 0 Å². The summed E-state index contributed by atoms with van der Waals surface area (Å²) in [4.78, 5) is 6.66. The summed E-state index contributed by atoms with van der Waals surface area (Å²) in [5, 5.41) is 1.67. The minimum absolute atomic E-state index is 0.218. The highest BCUT2D eigenvalue weighted by Crippen LogP contribution is 2.27. The second-order valence-electron chi connectivity index (χ2n) is 4.57. The van der Waals surface area contributed by atoms with Gasteiger partial charge in [-0.15, -0.1) is 0 Å². The maximum absolute atomic E-state index is 5.92. The molecule has 0 radical (unpaired) electrons. The molecule has 1 aromatic carbocycles. The van der Waals surface area contributed by atoms with Crippen LogP contribution in [0.1, 0.15) is 24.4 Å². The van der Waals surface area contributed by atoms with Gasteiger partial charge >= 0.3 is 0 Å². The Morgan fingerprint density at radius 2 is 2.05 bits per heavy atom. The van der Waals surface area contributed by atoms with Crippen LogP contribution in [0.4, 0.5) is 5.13 Å². The average molecular weight is 312 g/mol. The van der Waals surface area contributed by atoms with Gasteiger partial charge in [0.05, 0.1) is 12.6 Å². The number of aromatic nitrogens is 2. The molecule has 4 nitrogen and oxygen atoms in total. The van der Waals surface area contributed by atoms with Crippen molar-refractivity contribution in [2.45, 2.75) is 19.4 Å². The van der Waals surface area contributed by atoms with Gasteiger partial charge in [0.15, 0.2) is 0 Å². The van der Waals surface area contributed by atoms with Crippen molar-refractivity contribution in [1.82, 2.24) is 9.36 Å². The molecule has 0 N–H and O–H groups in total. The maximum Gasteiger partial charge on any atom is 0.205 e. The van der Waals surface area contributed by atoms with Gasteiger partial charge in [-0.3, -0.25) is 0 Å². The molecule has 6 heteroatoms. The monoisotopic (exact) mass is 311 g/mol. The maximum atomic E-state index is 5.92. The van der Waals surface area contributed by atoms with Crippen LogP contribution >= 0.6 is 23.1 Å². The molecule has 0 spiro atoms. The van der Waals surface area contributed by atoms with E-state index >= 15 is 0 Å². The Hall–Kier alpha value is -1.17. The smallest absolute Gasteiger partial charge is 0.205 e. The first-order chi connectivity index (χ1) is 9.61. The fourth-order valence-electron chi connectivity index (χ4n) is 1.81. The third kappa shape index (κ3) is 3.69. The van der Waals surface area contributed by atoms with Gasteiger partial charge in [-0.1, -0.05) is 23.7 Å². The number of ether oxygens (including phenoxy) is 1. The summed E-state index contributed by atoms with van der Waals surface area (Å²) in [7, 11) is 3.71. The molecule has 0 fully saturated rings. The van der Waals surface area contributed by atoms with Crippen molar-refractivity contribution >= 4 is 28.3 Å². The molecule has 0 aliphatic rings. The van der Waals surface area contributed by atoms with E-state index in [0.29, 0.717) is 6.61 Å². The number of halogens is 1. The normalized spacial score (nSPS) is 12.4. The van der Waals surface area contributed by atoms with Crippen molar-refractivity contribution < 1.29 is 4.74 Å². The summed E-state index contributed by atoms with van der Waals surface area (Å²) in [5.41, 5.74) is 1.20. The van der Waals surface area contributed by atoms with Crippen molar-refractivity contribution in [2.75, 3.05) is 25.7 Å². The first-order valence-corrected chi connectivity index (χ1v) is 7.56. The third-order valence-electron chi connectivity index (χ3n) is 3.22. The molecule has 0 saturated carbocycles. The van der Waals surface area contributed by atoms with E-state index in [0.717, 1.165) is 22.4 Å². The van der Waals surface area contributed by atoms with Gasteiger partial charge in [-0.2, -0.15) is 4.37 Å². The number of hydrogen-bond donors (Lipinski definition) is 0. The van der Waals surface area contributed by atoms with E-state index in [9.17, 15) is 0 Å². The third-order valence-corrected chi connectivity index (χ3v) is 4.32. The highest BCUT2D eigenvalue weighted by atomic mass is 35.5. The Kier molecular flexibility index (Phi) is 5.34. The Balaban J connectivity index is 2.07. The molecular formula is C14H18ClN3OS. The van der Waals surface area contributed by atoms with Gasteiger partial charge in [-0.05, 0) is 24.6 Å². The van der Waals surface area contributed by atoms with E-state index in [1.54, 1.807) is 7.11 Å². The summed E-state index contributed by atoms with van der Waals surface area (Å²) < 4.78 is 9.39. The predicted molar refractivity (Wildman–Crippen MR) is 83.8 cm³/mol. The SMILES string of the molecule is COCCc1nsc(N(C)C(C)c2ccc(Cl)cc2)n1. The molecule has 0 amide bonds. The summed E-state index contributed by atoms with van der Waals surface area (Å²) in [5.74, 6) is 0.835. The highest BCUT2D eigenvalue weighted by Gasteiger charge is 2.16. The molecule has 0 aliphatic carbocycles. The molecule has 0 bridgehead atoms. The second-order valence-corrected chi connectivity index (χ2v) is 5.74. The molecule has 108 valence electrons. The number of methoxy groups -OCH3 is 1. The Morgan fingerprint density at radius 3 is 2.70 bits per heavy atom. The number of benzene rings is 1. The molecular weight excluding hydrogens is 294 g/mol. The Morgan fingerprint density at radius 1 is 1.35 bits per heavy atom. The highest BCUT2D eigenvalue weighted by molar-refractivity contribution is 7.09. The van der Waals surface area contributed by atoms with Crippen LogP contribution in [-0.2, 0) is 11.2 Å².